The van der Waals surface area contributed by atoms with Gasteiger partial charge in [-0.15, -0.1) is 0 Å². The summed E-state index contributed by atoms with van der Waals surface area (Å²) in [5.41, 5.74) is 0.973. The lowest BCUT2D eigenvalue weighted by Crippen LogP contribution is -2.20. The molecule has 0 aliphatic rings. The Morgan fingerprint density at radius 1 is 1.00 bits per heavy atom. The van der Waals surface area contributed by atoms with Crippen molar-refractivity contribution in [1.82, 2.24) is 4.98 Å². The fourth-order valence-corrected chi connectivity index (χ4v) is 2.10. The minimum absolute atomic E-state index is 0.110. The highest BCUT2D eigenvalue weighted by atomic mass is 19.1. The van der Waals surface area contributed by atoms with Crippen LogP contribution in [0.25, 0.3) is 0 Å². The molecular formula is C19H16FN3O2. The van der Waals surface area contributed by atoms with Gasteiger partial charge in [-0.2, -0.15) is 0 Å². The zero-order chi connectivity index (χ0) is 17.5. The van der Waals surface area contributed by atoms with Crippen molar-refractivity contribution in [2.24, 2.45) is 0 Å². The number of anilines is 3. The third kappa shape index (κ3) is 4.78. The van der Waals surface area contributed by atoms with Crippen molar-refractivity contribution in [1.29, 1.82) is 0 Å². The first-order valence-electron chi connectivity index (χ1n) is 7.66. The number of nitrogens with zero attached hydrogens (tertiary/aromatic N) is 1. The van der Waals surface area contributed by atoms with Crippen molar-refractivity contribution in [3.63, 3.8) is 0 Å². The lowest BCUT2D eigenvalue weighted by atomic mass is 10.3. The molecule has 25 heavy (non-hydrogen) atoms. The zero-order valence-electron chi connectivity index (χ0n) is 13.3. The Morgan fingerprint density at radius 3 is 2.48 bits per heavy atom. The van der Waals surface area contributed by atoms with Gasteiger partial charge in [-0.1, -0.05) is 30.3 Å². The highest BCUT2D eigenvalue weighted by molar-refractivity contribution is 5.91. The van der Waals surface area contributed by atoms with Gasteiger partial charge in [0.1, 0.15) is 17.4 Å². The summed E-state index contributed by atoms with van der Waals surface area (Å²) in [4.78, 5) is 16.0. The highest BCUT2D eigenvalue weighted by Gasteiger charge is 2.06. The topological polar surface area (TPSA) is 63.2 Å². The number of aromatic nitrogens is 1. The molecule has 3 aromatic rings. The Morgan fingerprint density at radius 2 is 1.76 bits per heavy atom. The van der Waals surface area contributed by atoms with E-state index >= 15 is 0 Å². The van der Waals surface area contributed by atoms with E-state index < -0.39 is 0 Å². The first kappa shape index (κ1) is 16.4. The number of carbonyl (C=O) groups is 1. The maximum absolute atomic E-state index is 13.6. The molecule has 0 saturated heterocycles. The molecule has 0 aliphatic carbocycles. The first-order chi connectivity index (χ1) is 12.2. The van der Waals surface area contributed by atoms with Crippen molar-refractivity contribution in [2.45, 2.75) is 0 Å². The van der Waals surface area contributed by atoms with E-state index in [1.165, 1.54) is 12.3 Å². The van der Waals surface area contributed by atoms with Crippen LogP contribution < -0.4 is 15.4 Å². The fraction of sp³-hybridized carbons (Fsp3) is 0.0526. The molecule has 6 heteroatoms. The van der Waals surface area contributed by atoms with Crippen LogP contribution in [-0.4, -0.2) is 17.5 Å². The average molecular weight is 337 g/mol. The van der Waals surface area contributed by atoms with E-state index in [1.807, 2.05) is 18.2 Å². The predicted octanol–water partition coefficient (Wildman–Crippen LogP) is 3.98. The van der Waals surface area contributed by atoms with E-state index in [1.54, 1.807) is 42.5 Å². The maximum atomic E-state index is 13.6. The third-order valence-corrected chi connectivity index (χ3v) is 3.30. The number of hydrogen-bond donors (Lipinski definition) is 2. The Bertz CT molecular complexity index is 839. The number of amides is 1. The van der Waals surface area contributed by atoms with E-state index in [-0.39, 0.29) is 18.3 Å². The SMILES string of the molecule is O=C(COc1ccccc1)Nc1ccc(Nc2ccccc2F)cn1. The molecule has 1 heterocycles. The van der Waals surface area contributed by atoms with Gasteiger partial charge in [0.25, 0.3) is 5.91 Å². The number of para-hydroxylation sites is 2. The maximum Gasteiger partial charge on any atom is 0.263 e. The molecule has 1 aromatic heterocycles. The number of rotatable bonds is 6. The molecule has 0 aliphatic heterocycles. The number of carbonyl (C=O) groups excluding carboxylic acids is 1. The molecule has 0 fully saturated rings. The first-order valence-corrected chi connectivity index (χ1v) is 7.66. The van der Waals surface area contributed by atoms with Crippen LogP contribution in [0.2, 0.25) is 0 Å². The van der Waals surface area contributed by atoms with Gasteiger partial charge < -0.3 is 15.4 Å². The molecule has 0 unspecified atom stereocenters. The second kappa shape index (κ2) is 7.92. The molecule has 0 radical (unpaired) electrons. The number of benzene rings is 2. The van der Waals surface area contributed by atoms with E-state index in [9.17, 15) is 9.18 Å². The van der Waals surface area contributed by atoms with Gasteiger partial charge in [-0.05, 0) is 36.4 Å². The Hall–Kier alpha value is -3.41. The summed E-state index contributed by atoms with van der Waals surface area (Å²) in [5.74, 6) is 0.347. The predicted molar refractivity (Wildman–Crippen MR) is 94.5 cm³/mol. The van der Waals surface area contributed by atoms with Crippen molar-refractivity contribution < 1.29 is 13.9 Å². The van der Waals surface area contributed by atoms with E-state index in [4.69, 9.17) is 4.74 Å². The molecule has 0 bridgehead atoms. The van der Waals surface area contributed by atoms with Gasteiger partial charge >= 0.3 is 0 Å². The van der Waals surface area contributed by atoms with Gasteiger partial charge in [-0.25, -0.2) is 9.37 Å². The van der Waals surface area contributed by atoms with Crippen LogP contribution in [0.5, 0.6) is 5.75 Å². The van der Waals surface area contributed by atoms with Crippen LogP contribution in [0.4, 0.5) is 21.6 Å². The van der Waals surface area contributed by atoms with E-state index in [0.29, 0.717) is 22.9 Å². The lowest BCUT2D eigenvalue weighted by Gasteiger charge is -2.09. The summed E-state index contributed by atoms with van der Waals surface area (Å²) in [6.45, 7) is -0.110. The van der Waals surface area contributed by atoms with Gasteiger partial charge in [0.05, 0.1) is 17.6 Å². The standard InChI is InChI=1S/C19H16FN3O2/c20-16-8-4-5-9-17(16)22-14-10-11-18(21-12-14)23-19(24)13-25-15-6-2-1-3-7-15/h1-12,22H,13H2,(H,21,23,24). The molecule has 0 atom stereocenters. The Labute approximate surface area is 144 Å². The van der Waals surface area contributed by atoms with Gasteiger partial charge in [0, 0.05) is 0 Å². The summed E-state index contributed by atoms with van der Waals surface area (Å²) >= 11 is 0. The minimum atomic E-state index is -0.349. The number of pyridine rings is 1. The normalized spacial score (nSPS) is 10.1. The molecule has 3 rings (SSSR count). The van der Waals surface area contributed by atoms with Crippen molar-refractivity contribution in [3.05, 3.63) is 78.7 Å². The average Bonchev–Trinajstić information content (AvgIpc) is 2.64. The molecule has 126 valence electrons. The zero-order valence-corrected chi connectivity index (χ0v) is 13.3. The summed E-state index contributed by atoms with van der Waals surface area (Å²) in [6, 6.07) is 18.8. The van der Waals surface area contributed by atoms with Gasteiger partial charge in [0.2, 0.25) is 0 Å². The van der Waals surface area contributed by atoms with Crippen LogP contribution in [0.1, 0.15) is 0 Å². The Balaban J connectivity index is 1.53. The summed E-state index contributed by atoms with van der Waals surface area (Å²) < 4.78 is 19.0. The molecule has 1 amide bonds. The van der Waals surface area contributed by atoms with Crippen LogP contribution >= 0.6 is 0 Å². The molecule has 5 nitrogen and oxygen atoms in total. The van der Waals surface area contributed by atoms with Crippen LogP contribution in [-0.2, 0) is 4.79 Å². The smallest absolute Gasteiger partial charge is 0.263 e. The van der Waals surface area contributed by atoms with Crippen molar-refractivity contribution in [2.75, 3.05) is 17.2 Å². The molecule has 2 N–H and O–H groups in total. The van der Waals surface area contributed by atoms with E-state index in [0.717, 1.165) is 0 Å². The summed E-state index contributed by atoms with van der Waals surface area (Å²) in [7, 11) is 0. The molecular weight excluding hydrogens is 321 g/mol. The number of halogens is 1. The highest BCUT2D eigenvalue weighted by Crippen LogP contribution is 2.19. The van der Waals surface area contributed by atoms with Crippen LogP contribution in [0.3, 0.4) is 0 Å². The Kier molecular flexibility index (Phi) is 5.21. The van der Waals surface area contributed by atoms with Crippen molar-refractivity contribution >= 4 is 23.1 Å². The molecule has 0 spiro atoms. The van der Waals surface area contributed by atoms with Gasteiger partial charge in [-0.3, -0.25) is 4.79 Å². The number of nitrogens with one attached hydrogen (secondary N) is 2. The van der Waals surface area contributed by atoms with Crippen molar-refractivity contribution in [3.8, 4) is 5.75 Å². The van der Waals surface area contributed by atoms with Crippen LogP contribution in [0.15, 0.2) is 72.9 Å². The van der Waals surface area contributed by atoms with Crippen LogP contribution in [0, 0.1) is 5.82 Å². The monoisotopic (exact) mass is 337 g/mol. The summed E-state index contributed by atoms with van der Waals surface area (Å²) in [6.07, 6.45) is 1.51. The van der Waals surface area contributed by atoms with E-state index in [2.05, 4.69) is 15.6 Å². The second-order valence-corrected chi connectivity index (χ2v) is 5.19. The lowest BCUT2D eigenvalue weighted by molar-refractivity contribution is -0.118. The largest absolute Gasteiger partial charge is 0.484 e. The minimum Gasteiger partial charge on any atom is -0.484 e. The molecule has 2 aromatic carbocycles. The number of ether oxygens (including phenoxy) is 1. The molecule has 0 saturated carbocycles. The fourth-order valence-electron chi connectivity index (χ4n) is 2.10. The van der Waals surface area contributed by atoms with Gasteiger partial charge in [0.15, 0.2) is 6.61 Å². The third-order valence-electron chi connectivity index (χ3n) is 3.30. The quantitative estimate of drug-likeness (QED) is 0.714. The second-order valence-electron chi connectivity index (χ2n) is 5.19. The summed E-state index contributed by atoms with van der Waals surface area (Å²) in [5, 5.41) is 5.56. The number of hydrogen-bond acceptors (Lipinski definition) is 4.